The van der Waals surface area contributed by atoms with Gasteiger partial charge in [-0.1, -0.05) is 0 Å². The first-order chi connectivity index (χ1) is 11.4. The van der Waals surface area contributed by atoms with Gasteiger partial charge in [0, 0.05) is 17.1 Å². The fourth-order valence-corrected chi connectivity index (χ4v) is 4.93. The Kier molecular flexibility index (Phi) is 4.62. The molecule has 1 atom stereocenters. The van der Waals surface area contributed by atoms with E-state index < -0.39 is 10.0 Å². The summed E-state index contributed by atoms with van der Waals surface area (Å²) in [4.78, 5) is 0.955. The lowest BCUT2D eigenvalue weighted by Crippen LogP contribution is -2.31. The Morgan fingerprint density at radius 1 is 1.29 bits per heavy atom. The summed E-state index contributed by atoms with van der Waals surface area (Å²) in [6.07, 6.45) is 1.57. The van der Waals surface area contributed by atoms with Gasteiger partial charge in [0.2, 0.25) is 10.0 Å². The molecular weight excluding hydrogens is 346 g/mol. The van der Waals surface area contributed by atoms with E-state index in [1.54, 1.807) is 29.1 Å². The third-order valence-corrected chi connectivity index (χ3v) is 6.57. The van der Waals surface area contributed by atoms with Crippen LogP contribution in [0.25, 0.3) is 0 Å². The van der Waals surface area contributed by atoms with Gasteiger partial charge in [-0.05, 0) is 51.1 Å². The molecule has 3 aromatic rings. The minimum Gasteiger partial charge on any atom is -0.467 e. The maximum atomic E-state index is 12.5. The summed E-state index contributed by atoms with van der Waals surface area (Å²) in [5, 5.41) is 4.47. The Labute approximate surface area is 145 Å². The zero-order valence-electron chi connectivity index (χ0n) is 13.7. The van der Waals surface area contributed by atoms with Crippen molar-refractivity contribution in [2.45, 2.75) is 31.0 Å². The van der Waals surface area contributed by atoms with Gasteiger partial charge in [-0.15, -0.1) is 11.3 Å². The molecule has 0 aliphatic heterocycles. The first kappa shape index (κ1) is 16.9. The van der Waals surface area contributed by atoms with Crippen molar-refractivity contribution in [3.8, 4) is 0 Å². The van der Waals surface area contributed by atoms with Crippen LogP contribution in [0.3, 0.4) is 0 Å². The molecule has 0 radical (unpaired) electrons. The van der Waals surface area contributed by atoms with Crippen LogP contribution in [0.4, 0.5) is 0 Å². The molecule has 3 heterocycles. The second kappa shape index (κ2) is 6.54. The van der Waals surface area contributed by atoms with Crippen LogP contribution in [0.5, 0.6) is 0 Å². The second-order valence-electron chi connectivity index (χ2n) is 5.62. The summed E-state index contributed by atoms with van der Waals surface area (Å²) in [6, 6.07) is 8.63. The van der Waals surface area contributed by atoms with Crippen LogP contribution in [-0.2, 0) is 10.0 Å². The largest absolute Gasteiger partial charge is 0.467 e. The fraction of sp³-hybridized carbons (Fsp3) is 0.312. The first-order valence-electron chi connectivity index (χ1n) is 7.49. The fourth-order valence-electron chi connectivity index (χ4n) is 2.57. The number of thiophene rings is 1. The van der Waals surface area contributed by atoms with Crippen LogP contribution < -0.4 is 4.72 Å². The smallest absolute Gasteiger partial charge is 0.250 e. The average Bonchev–Trinajstić information content (AvgIpc) is 3.22. The van der Waals surface area contributed by atoms with Crippen LogP contribution in [0.15, 0.2) is 45.2 Å². The molecule has 8 heteroatoms. The van der Waals surface area contributed by atoms with Gasteiger partial charge in [0.05, 0.1) is 12.0 Å². The highest BCUT2D eigenvalue weighted by Crippen LogP contribution is 2.23. The first-order valence-corrected chi connectivity index (χ1v) is 9.79. The van der Waals surface area contributed by atoms with Crippen molar-refractivity contribution in [3.63, 3.8) is 0 Å². The maximum absolute atomic E-state index is 12.5. The number of nitrogens with zero attached hydrogens (tertiary/aromatic N) is 2. The van der Waals surface area contributed by atoms with Gasteiger partial charge in [-0.3, -0.25) is 4.68 Å². The van der Waals surface area contributed by atoms with Gasteiger partial charge in [0.1, 0.15) is 16.0 Å². The molecule has 24 heavy (non-hydrogen) atoms. The van der Waals surface area contributed by atoms with Crippen molar-refractivity contribution < 1.29 is 12.8 Å². The monoisotopic (exact) mass is 365 g/mol. The number of aryl methyl sites for hydroxylation is 3. The highest BCUT2D eigenvalue weighted by molar-refractivity contribution is 7.91. The highest BCUT2D eigenvalue weighted by atomic mass is 32.2. The molecule has 6 nitrogen and oxygen atoms in total. The van der Waals surface area contributed by atoms with E-state index in [4.69, 9.17) is 4.42 Å². The van der Waals surface area contributed by atoms with E-state index in [1.807, 2.05) is 32.9 Å². The lowest BCUT2D eigenvalue weighted by atomic mass is 10.2. The van der Waals surface area contributed by atoms with Crippen molar-refractivity contribution in [1.82, 2.24) is 14.5 Å². The van der Waals surface area contributed by atoms with Gasteiger partial charge >= 0.3 is 0 Å². The Balaban J connectivity index is 1.87. The molecule has 0 spiro atoms. The molecule has 1 unspecified atom stereocenters. The third-order valence-electron chi connectivity index (χ3n) is 3.66. The van der Waals surface area contributed by atoms with Gasteiger partial charge in [-0.25, -0.2) is 13.1 Å². The van der Waals surface area contributed by atoms with Crippen LogP contribution in [-0.4, -0.2) is 24.7 Å². The summed E-state index contributed by atoms with van der Waals surface area (Å²) in [5.74, 6) is 0.659. The number of aromatic nitrogens is 2. The van der Waals surface area contributed by atoms with E-state index in [-0.39, 0.29) is 12.6 Å². The number of hydrogen-bond acceptors (Lipinski definition) is 5. The van der Waals surface area contributed by atoms with Crippen LogP contribution in [0.1, 0.15) is 28.1 Å². The predicted octanol–water partition coefficient (Wildman–Crippen LogP) is 3.03. The molecule has 128 valence electrons. The Bertz CT molecular complexity index is 924. The molecule has 0 fully saturated rings. The van der Waals surface area contributed by atoms with Gasteiger partial charge in [0.25, 0.3) is 0 Å². The van der Waals surface area contributed by atoms with Crippen LogP contribution in [0.2, 0.25) is 0 Å². The van der Waals surface area contributed by atoms with E-state index in [1.165, 1.54) is 11.3 Å². The minimum atomic E-state index is -3.55. The van der Waals surface area contributed by atoms with Gasteiger partial charge < -0.3 is 4.42 Å². The number of sulfonamides is 1. The topological polar surface area (TPSA) is 77.1 Å². The SMILES string of the molecule is Cc1cc(C)n(C(CNS(=O)(=O)c2ccc(C)s2)c2ccco2)n1. The molecule has 3 aromatic heterocycles. The lowest BCUT2D eigenvalue weighted by Gasteiger charge is -2.17. The number of rotatable bonds is 6. The zero-order chi connectivity index (χ0) is 17.3. The lowest BCUT2D eigenvalue weighted by molar-refractivity contribution is 0.397. The van der Waals surface area contributed by atoms with Crippen molar-refractivity contribution in [2.75, 3.05) is 6.54 Å². The second-order valence-corrected chi connectivity index (χ2v) is 8.90. The zero-order valence-corrected chi connectivity index (χ0v) is 15.3. The molecule has 3 rings (SSSR count). The summed E-state index contributed by atoms with van der Waals surface area (Å²) in [5.41, 5.74) is 1.82. The number of hydrogen-bond donors (Lipinski definition) is 1. The molecule has 0 aliphatic rings. The van der Waals surface area contributed by atoms with E-state index in [2.05, 4.69) is 9.82 Å². The Morgan fingerprint density at radius 2 is 2.08 bits per heavy atom. The van der Waals surface area contributed by atoms with E-state index in [0.717, 1.165) is 16.3 Å². The minimum absolute atomic E-state index is 0.161. The summed E-state index contributed by atoms with van der Waals surface area (Å²) < 4.78 is 35.2. The maximum Gasteiger partial charge on any atom is 0.250 e. The standard InChI is InChI=1S/C16H19N3O3S2/c1-11-9-12(2)19(18-11)14(15-5-4-8-22-15)10-17-24(20,21)16-7-6-13(3)23-16/h4-9,14,17H,10H2,1-3H3. The quantitative estimate of drug-likeness (QED) is 0.728. The number of nitrogens with one attached hydrogen (secondary N) is 1. The average molecular weight is 365 g/mol. The third kappa shape index (κ3) is 3.45. The van der Waals surface area contributed by atoms with E-state index in [0.29, 0.717) is 9.97 Å². The molecule has 0 saturated carbocycles. The predicted molar refractivity (Wildman–Crippen MR) is 92.8 cm³/mol. The van der Waals surface area contributed by atoms with E-state index in [9.17, 15) is 8.42 Å². The summed E-state index contributed by atoms with van der Waals surface area (Å²) >= 11 is 1.25. The molecule has 0 bridgehead atoms. The Hall–Kier alpha value is -1.90. The molecule has 0 aliphatic carbocycles. The van der Waals surface area contributed by atoms with Crippen LogP contribution in [0, 0.1) is 20.8 Å². The van der Waals surface area contributed by atoms with Gasteiger partial charge in [-0.2, -0.15) is 5.10 Å². The number of furan rings is 1. The normalized spacial score (nSPS) is 13.3. The van der Waals surface area contributed by atoms with Crippen molar-refractivity contribution >= 4 is 21.4 Å². The molecule has 0 aromatic carbocycles. The summed E-state index contributed by atoms with van der Waals surface area (Å²) in [7, 11) is -3.55. The van der Waals surface area contributed by atoms with Crippen molar-refractivity contribution in [1.29, 1.82) is 0 Å². The molecule has 1 N–H and O–H groups in total. The highest BCUT2D eigenvalue weighted by Gasteiger charge is 2.24. The van der Waals surface area contributed by atoms with Crippen molar-refractivity contribution in [3.05, 3.63) is 58.6 Å². The Morgan fingerprint density at radius 3 is 2.62 bits per heavy atom. The van der Waals surface area contributed by atoms with E-state index >= 15 is 0 Å². The molecular formula is C16H19N3O3S2. The molecule has 0 saturated heterocycles. The van der Waals surface area contributed by atoms with Gasteiger partial charge in [0.15, 0.2) is 0 Å². The van der Waals surface area contributed by atoms with Crippen LogP contribution >= 0.6 is 11.3 Å². The summed E-state index contributed by atoms with van der Waals surface area (Å²) in [6.45, 7) is 5.88. The van der Waals surface area contributed by atoms with Crippen molar-refractivity contribution in [2.24, 2.45) is 0 Å². The molecule has 0 amide bonds.